The number of hydrogen-bond donors (Lipinski definition) is 1. The monoisotopic (exact) mass is 182 g/mol. The number of aromatic nitrogens is 1. The molecule has 0 unspecified atom stereocenters. The minimum atomic E-state index is 0.562. The van der Waals surface area contributed by atoms with E-state index < -0.39 is 0 Å². The third-order valence-corrected chi connectivity index (χ3v) is 2.25. The predicted molar refractivity (Wildman–Crippen MR) is 47.1 cm³/mol. The van der Waals surface area contributed by atoms with E-state index in [1.54, 1.807) is 6.26 Å². The lowest BCUT2D eigenvalue weighted by Crippen LogP contribution is -2.13. The summed E-state index contributed by atoms with van der Waals surface area (Å²) in [4.78, 5) is 3.97. The maximum absolute atomic E-state index is 5.50. The fourth-order valence-corrected chi connectivity index (χ4v) is 1.50. The van der Waals surface area contributed by atoms with Gasteiger partial charge in [0.2, 0.25) is 0 Å². The first-order valence-corrected chi connectivity index (χ1v) is 4.60. The zero-order valence-electron chi connectivity index (χ0n) is 7.53. The summed E-state index contributed by atoms with van der Waals surface area (Å²) in [7, 11) is 0. The van der Waals surface area contributed by atoms with E-state index in [0.29, 0.717) is 12.5 Å². The zero-order valence-corrected chi connectivity index (χ0v) is 7.53. The van der Waals surface area contributed by atoms with E-state index in [-0.39, 0.29) is 0 Å². The summed E-state index contributed by atoms with van der Waals surface area (Å²) >= 11 is 0. The van der Waals surface area contributed by atoms with Gasteiger partial charge in [-0.2, -0.15) is 0 Å². The molecule has 72 valence electrons. The lowest BCUT2D eigenvalue weighted by molar-refractivity contribution is 0.0902. The van der Waals surface area contributed by atoms with Crippen molar-refractivity contribution in [2.75, 3.05) is 19.7 Å². The summed E-state index contributed by atoms with van der Waals surface area (Å²) in [5.74, 6) is 0.673. The largest absolute Gasteiger partial charge is 0.451 e. The van der Waals surface area contributed by atoms with Gasteiger partial charge in [-0.1, -0.05) is 0 Å². The van der Waals surface area contributed by atoms with Gasteiger partial charge in [-0.3, -0.25) is 0 Å². The molecule has 1 fully saturated rings. The molecule has 1 atom stereocenters. The van der Waals surface area contributed by atoms with Crippen LogP contribution in [-0.2, 0) is 11.3 Å². The third kappa shape index (κ3) is 2.54. The van der Waals surface area contributed by atoms with Gasteiger partial charge < -0.3 is 14.5 Å². The third-order valence-electron chi connectivity index (χ3n) is 2.25. The van der Waals surface area contributed by atoms with Gasteiger partial charge in [-0.05, 0) is 18.9 Å². The van der Waals surface area contributed by atoms with Crippen LogP contribution in [0.5, 0.6) is 0 Å². The van der Waals surface area contributed by atoms with Crippen LogP contribution >= 0.6 is 0 Å². The Morgan fingerprint density at radius 3 is 3.38 bits per heavy atom. The topological polar surface area (TPSA) is 47.3 Å². The van der Waals surface area contributed by atoms with Crippen LogP contribution in [0, 0.1) is 5.92 Å². The SMILES string of the molecule is c1nc(COC[C@@H]2CCNC2)co1. The van der Waals surface area contributed by atoms with Crippen LogP contribution in [0.2, 0.25) is 0 Å². The second kappa shape index (κ2) is 4.39. The van der Waals surface area contributed by atoms with Gasteiger partial charge >= 0.3 is 0 Å². The average molecular weight is 182 g/mol. The molecule has 1 aromatic rings. The summed E-state index contributed by atoms with van der Waals surface area (Å²) < 4.78 is 10.3. The molecule has 2 rings (SSSR count). The lowest BCUT2D eigenvalue weighted by Gasteiger charge is -2.07. The molecular formula is C9H14N2O2. The normalized spacial score (nSPS) is 22.3. The Balaban J connectivity index is 1.63. The molecule has 0 bridgehead atoms. The Morgan fingerprint density at radius 2 is 2.69 bits per heavy atom. The van der Waals surface area contributed by atoms with Gasteiger partial charge in [0.1, 0.15) is 12.0 Å². The second-order valence-corrected chi connectivity index (χ2v) is 3.35. The molecule has 0 aliphatic carbocycles. The van der Waals surface area contributed by atoms with Crippen molar-refractivity contribution in [1.29, 1.82) is 0 Å². The Bertz CT molecular complexity index is 230. The van der Waals surface area contributed by atoms with Crippen LogP contribution in [0.15, 0.2) is 17.1 Å². The van der Waals surface area contributed by atoms with E-state index in [1.807, 2.05) is 0 Å². The minimum absolute atomic E-state index is 0.562. The van der Waals surface area contributed by atoms with Crippen LogP contribution in [0.1, 0.15) is 12.1 Å². The van der Waals surface area contributed by atoms with Crippen molar-refractivity contribution in [1.82, 2.24) is 10.3 Å². The summed E-state index contributed by atoms with van der Waals surface area (Å²) in [5.41, 5.74) is 0.867. The van der Waals surface area contributed by atoms with E-state index in [0.717, 1.165) is 25.4 Å². The van der Waals surface area contributed by atoms with Gasteiger partial charge in [-0.15, -0.1) is 0 Å². The van der Waals surface area contributed by atoms with Gasteiger partial charge in [0, 0.05) is 6.54 Å². The maximum atomic E-state index is 5.50. The molecule has 1 aliphatic heterocycles. The maximum Gasteiger partial charge on any atom is 0.180 e. The Kier molecular flexibility index (Phi) is 2.94. The Morgan fingerprint density at radius 1 is 1.69 bits per heavy atom. The molecule has 1 saturated heterocycles. The first-order chi connectivity index (χ1) is 6.45. The van der Waals surface area contributed by atoms with Crippen LogP contribution < -0.4 is 5.32 Å². The molecule has 0 aromatic carbocycles. The van der Waals surface area contributed by atoms with E-state index in [4.69, 9.17) is 9.15 Å². The fraction of sp³-hybridized carbons (Fsp3) is 0.667. The predicted octanol–water partition coefficient (Wildman–Crippen LogP) is 0.801. The van der Waals surface area contributed by atoms with Crippen LogP contribution in [-0.4, -0.2) is 24.7 Å². The smallest absolute Gasteiger partial charge is 0.180 e. The minimum Gasteiger partial charge on any atom is -0.451 e. The van der Waals surface area contributed by atoms with Crippen molar-refractivity contribution in [3.63, 3.8) is 0 Å². The fourth-order valence-electron chi connectivity index (χ4n) is 1.50. The molecule has 1 N–H and O–H groups in total. The van der Waals surface area contributed by atoms with Crippen molar-refractivity contribution >= 4 is 0 Å². The molecule has 1 aromatic heterocycles. The van der Waals surface area contributed by atoms with Crippen molar-refractivity contribution < 1.29 is 9.15 Å². The van der Waals surface area contributed by atoms with Crippen molar-refractivity contribution in [2.24, 2.45) is 5.92 Å². The Hall–Kier alpha value is -0.870. The number of ether oxygens (including phenoxy) is 1. The molecule has 0 radical (unpaired) electrons. The van der Waals surface area contributed by atoms with Gasteiger partial charge in [0.15, 0.2) is 6.39 Å². The second-order valence-electron chi connectivity index (χ2n) is 3.35. The van der Waals surface area contributed by atoms with E-state index in [1.165, 1.54) is 12.8 Å². The highest BCUT2D eigenvalue weighted by molar-refractivity contribution is 4.87. The molecule has 4 nitrogen and oxygen atoms in total. The van der Waals surface area contributed by atoms with Gasteiger partial charge in [-0.25, -0.2) is 4.98 Å². The number of oxazole rings is 1. The van der Waals surface area contributed by atoms with Crippen molar-refractivity contribution in [3.05, 3.63) is 18.4 Å². The quantitative estimate of drug-likeness (QED) is 0.748. The lowest BCUT2D eigenvalue weighted by atomic mass is 10.1. The number of hydrogen-bond acceptors (Lipinski definition) is 4. The Labute approximate surface area is 77.3 Å². The highest BCUT2D eigenvalue weighted by Gasteiger charge is 2.14. The summed E-state index contributed by atoms with van der Waals surface area (Å²) in [6, 6.07) is 0. The molecule has 0 spiro atoms. The van der Waals surface area contributed by atoms with Gasteiger partial charge in [0.25, 0.3) is 0 Å². The van der Waals surface area contributed by atoms with E-state index >= 15 is 0 Å². The number of rotatable bonds is 4. The standard InChI is InChI=1S/C9H14N2O2/c1-2-10-3-8(1)4-12-5-9-6-13-7-11-9/h6-8,10H,1-5H2/t8-/m1/s1. The van der Waals surface area contributed by atoms with Crippen LogP contribution in [0.25, 0.3) is 0 Å². The first-order valence-electron chi connectivity index (χ1n) is 4.60. The number of nitrogens with zero attached hydrogens (tertiary/aromatic N) is 1. The number of nitrogens with one attached hydrogen (secondary N) is 1. The summed E-state index contributed by atoms with van der Waals surface area (Å²) in [5, 5.41) is 3.30. The highest BCUT2D eigenvalue weighted by Crippen LogP contribution is 2.08. The van der Waals surface area contributed by atoms with E-state index in [9.17, 15) is 0 Å². The first kappa shape index (κ1) is 8.72. The summed E-state index contributed by atoms with van der Waals surface area (Å²) in [6.07, 6.45) is 4.27. The summed E-state index contributed by atoms with van der Waals surface area (Å²) in [6.45, 7) is 3.59. The molecule has 13 heavy (non-hydrogen) atoms. The highest BCUT2D eigenvalue weighted by atomic mass is 16.5. The van der Waals surface area contributed by atoms with Crippen molar-refractivity contribution in [3.8, 4) is 0 Å². The molecule has 2 heterocycles. The molecular weight excluding hydrogens is 168 g/mol. The molecule has 0 amide bonds. The van der Waals surface area contributed by atoms with Crippen LogP contribution in [0.3, 0.4) is 0 Å². The molecule has 0 saturated carbocycles. The van der Waals surface area contributed by atoms with E-state index in [2.05, 4.69) is 10.3 Å². The molecule has 1 aliphatic rings. The van der Waals surface area contributed by atoms with Crippen LogP contribution in [0.4, 0.5) is 0 Å². The molecule has 4 heteroatoms. The zero-order chi connectivity index (χ0) is 8.93. The van der Waals surface area contributed by atoms with Gasteiger partial charge in [0.05, 0.1) is 13.2 Å². The van der Waals surface area contributed by atoms with Crippen molar-refractivity contribution in [2.45, 2.75) is 13.0 Å². The average Bonchev–Trinajstić information content (AvgIpc) is 2.75.